The highest BCUT2D eigenvalue weighted by molar-refractivity contribution is 6.01. The minimum Gasteiger partial charge on any atom is -0.357 e. The van der Waals surface area contributed by atoms with E-state index in [1.54, 1.807) is 0 Å². The number of amides is 2. The molecule has 35 heavy (non-hydrogen) atoms. The normalized spacial score (nSPS) is 17.6. The third-order valence-electron chi connectivity index (χ3n) is 7.48. The lowest BCUT2D eigenvalue weighted by Crippen LogP contribution is -2.42. The van der Waals surface area contributed by atoms with Gasteiger partial charge in [-0.3, -0.25) is 14.3 Å². The van der Waals surface area contributed by atoms with E-state index >= 15 is 0 Å². The lowest BCUT2D eigenvalue weighted by atomic mass is 9.82. The van der Waals surface area contributed by atoms with Gasteiger partial charge in [0.05, 0.1) is 24.5 Å². The maximum atomic E-state index is 13.4. The molecule has 2 amide bonds. The van der Waals surface area contributed by atoms with Gasteiger partial charge in [-0.1, -0.05) is 38.1 Å². The number of nitrogens with one attached hydrogen (secondary N) is 2. The average Bonchev–Trinajstić information content (AvgIpc) is 3.38. The Morgan fingerprint density at radius 3 is 2.57 bits per heavy atom. The highest BCUT2D eigenvalue weighted by Gasteiger charge is 2.36. The van der Waals surface area contributed by atoms with E-state index in [9.17, 15) is 9.59 Å². The van der Waals surface area contributed by atoms with E-state index < -0.39 is 0 Å². The number of hydrogen-bond acceptors (Lipinski definition) is 3. The number of hydrogen-bond donors (Lipinski definition) is 2. The molecule has 1 aliphatic heterocycles. The standard InChI is InChI=1S/C28H31N5O2/c1-16-17(2)28(35)33(15-26-18(3)19(4)31-32(26)5)25-13-21(10-11-23(16)25)27(34)29-14-22-12-20-8-6-7-9-24(20)30-22/h6-13,16-17,30H,14-15H2,1-5H3,(H,29,34)/t16-,17?/m1/s1. The molecule has 180 valence electrons. The molecule has 0 aliphatic carbocycles. The Kier molecular flexibility index (Phi) is 5.71. The molecular formula is C28H31N5O2. The van der Waals surface area contributed by atoms with Crippen LogP contribution in [0.2, 0.25) is 0 Å². The summed E-state index contributed by atoms with van der Waals surface area (Å²) in [6, 6.07) is 15.8. The van der Waals surface area contributed by atoms with Gasteiger partial charge in [-0.2, -0.15) is 5.10 Å². The number of aromatic amines is 1. The number of aromatic nitrogens is 3. The summed E-state index contributed by atoms with van der Waals surface area (Å²) in [5.41, 5.74) is 7.45. The number of carbonyl (C=O) groups is 2. The maximum absolute atomic E-state index is 13.4. The summed E-state index contributed by atoms with van der Waals surface area (Å²) in [5.74, 6) is -0.165. The summed E-state index contributed by atoms with van der Waals surface area (Å²) in [5, 5.41) is 8.64. The van der Waals surface area contributed by atoms with E-state index in [2.05, 4.69) is 22.3 Å². The Hall–Kier alpha value is -3.87. The minimum atomic E-state index is -0.169. The lowest BCUT2D eigenvalue weighted by molar-refractivity contribution is -0.123. The van der Waals surface area contributed by atoms with E-state index in [0.29, 0.717) is 18.7 Å². The molecule has 2 atom stereocenters. The predicted octanol–water partition coefficient (Wildman–Crippen LogP) is 4.73. The van der Waals surface area contributed by atoms with Crippen molar-refractivity contribution in [3.8, 4) is 0 Å². The monoisotopic (exact) mass is 469 g/mol. The topological polar surface area (TPSA) is 83.0 Å². The van der Waals surface area contributed by atoms with E-state index in [1.807, 2.05) is 85.9 Å². The van der Waals surface area contributed by atoms with E-state index in [4.69, 9.17) is 0 Å². The van der Waals surface area contributed by atoms with Gasteiger partial charge >= 0.3 is 0 Å². The van der Waals surface area contributed by atoms with Gasteiger partial charge in [0.2, 0.25) is 5.91 Å². The molecule has 7 nitrogen and oxygen atoms in total. The van der Waals surface area contributed by atoms with Crippen molar-refractivity contribution in [2.75, 3.05) is 4.90 Å². The molecule has 7 heteroatoms. The summed E-state index contributed by atoms with van der Waals surface area (Å²) in [6.07, 6.45) is 0. The second-order valence-corrected chi connectivity index (χ2v) is 9.62. The van der Waals surface area contributed by atoms with Crippen molar-refractivity contribution in [3.63, 3.8) is 0 Å². The van der Waals surface area contributed by atoms with Crippen LogP contribution in [0.25, 0.3) is 10.9 Å². The van der Waals surface area contributed by atoms with Crippen LogP contribution in [0.5, 0.6) is 0 Å². The maximum Gasteiger partial charge on any atom is 0.251 e. The zero-order chi connectivity index (χ0) is 24.9. The molecule has 0 spiro atoms. The molecule has 2 aromatic heterocycles. The number of carbonyl (C=O) groups excluding carboxylic acids is 2. The van der Waals surface area contributed by atoms with Crippen molar-refractivity contribution in [1.82, 2.24) is 20.1 Å². The van der Waals surface area contributed by atoms with Crippen LogP contribution in [-0.2, 0) is 24.9 Å². The number of nitrogens with zero attached hydrogens (tertiary/aromatic N) is 3. The second kappa shape index (κ2) is 8.73. The van der Waals surface area contributed by atoms with Crippen molar-refractivity contribution in [3.05, 3.63) is 82.3 Å². The van der Waals surface area contributed by atoms with Gasteiger partial charge in [0.1, 0.15) is 0 Å². The van der Waals surface area contributed by atoms with Crippen LogP contribution >= 0.6 is 0 Å². The molecule has 0 radical (unpaired) electrons. The third kappa shape index (κ3) is 4.01. The van der Waals surface area contributed by atoms with Crippen molar-refractivity contribution < 1.29 is 9.59 Å². The summed E-state index contributed by atoms with van der Waals surface area (Å²) in [7, 11) is 1.91. The van der Waals surface area contributed by atoms with Crippen LogP contribution in [0.1, 0.15) is 58.3 Å². The smallest absolute Gasteiger partial charge is 0.251 e. The Balaban J connectivity index is 1.43. The molecule has 0 saturated heterocycles. The van der Waals surface area contributed by atoms with Gasteiger partial charge in [0, 0.05) is 35.4 Å². The number of fused-ring (bicyclic) bond motifs is 2. The van der Waals surface area contributed by atoms with Gasteiger partial charge in [-0.25, -0.2) is 0 Å². The Bertz CT molecular complexity index is 1410. The van der Waals surface area contributed by atoms with Crippen LogP contribution in [0.4, 0.5) is 5.69 Å². The molecule has 0 bridgehead atoms. The molecule has 5 rings (SSSR count). The van der Waals surface area contributed by atoms with Crippen LogP contribution in [-0.4, -0.2) is 26.6 Å². The van der Waals surface area contributed by atoms with Crippen LogP contribution in [0.3, 0.4) is 0 Å². The minimum absolute atomic E-state index is 0.0684. The van der Waals surface area contributed by atoms with Crippen LogP contribution in [0.15, 0.2) is 48.5 Å². The highest BCUT2D eigenvalue weighted by atomic mass is 16.2. The molecule has 2 N–H and O–H groups in total. The summed E-state index contributed by atoms with van der Waals surface area (Å²) in [4.78, 5) is 31.6. The van der Waals surface area contributed by atoms with Gasteiger partial charge in [-0.05, 0) is 60.5 Å². The SMILES string of the molecule is Cc1nn(C)c(CN2C(=O)C(C)[C@@H](C)c3ccc(C(=O)NCc4cc5ccccc5[nH]4)cc32)c1C. The number of aryl methyl sites for hydroxylation is 2. The quantitative estimate of drug-likeness (QED) is 0.443. The largest absolute Gasteiger partial charge is 0.357 e. The summed E-state index contributed by atoms with van der Waals surface area (Å²) >= 11 is 0. The third-order valence-corrected chi connectivity index (χ3v) is 7.48. The van der Waals surface area contributed by atoms with Crippen molar-refractivity contribution in [2.45, 2.75) is 46.7 Å². The first kappa shape index (κ1) is 22.9. The zero-order valence-corrected chi connectivity index (χ0v) is 20.8. The molecule has 1 unspecified atom stereocenters. The van der Waals surface area contributed by atoms with Gasteiger partial charge in [0.25, 0.3) is 5.91 Å². The van der Waals surface area contributed by atoms with Gasteiger partial charge in [-0.15, -0.1) is 0 Å². The summed E-state index contributed by atoms with van der Waals surface area (Å²) < 4.78 is 1.84. The molecular weight excluding hydrogens is 438 g/mol. The fourth-order valence-corrected chi connectivity index (χ4v) is 5.00. The van der Waals surface area contributed by atoms with E-state index in [1.165, 1.54) is 0 Å². The predicted molar refractivity (Wildman–Crippen MR) is 137 cm³/mol. The van der Waals surface area contributed by atoms with Crippen molar-refractivity contribution in [2.24, 2.45) is 13.0 Å². The van der Waals surface area contributed by atoms with Gasteiger partial charge < -0.3 is 15.2 Å². The first-order valence-electron chi connectivity index (χ1n) is 12.0. The van der Waals surface area contributed by atoms with Crippen molar-refractivity contribution >= 4 is 28.4 Å². The fourth-order valence-electron chi connectivity index (χ4n) is 5.00. The average molecular weight is 470 g/mol. The first-order valence-corrected chi connectivity index (χ1v) is 12.0. The highest BCUT2D eigenvalue weighted by Crippen LogP contribution is 2.40. The lowest BCUT2D eigenvalue weighted by Gasteiger charge is -2.37. The molecule has 3 heterocycles. The number of H-pyrrole nitrogens is 1. The number of para-hydroxylation sites is 1. The number of anilines is 1. The molecule has 0 saturated carbocycles. The molecule has 1 aliphatic rings. The second-order valence-electron chi connectivity index (χ2n) is 9.62. The summed E-state index contributed by atoms with van der Waals surface area (Å²) in [6.45, 7) is 8.89. The fraction of sp³-hybridized carbons (Fsp3) is 0.321. The molecule has 4 aromatic rings. The number of rotatable bonds is 5. The molecule has 2 aromatic carbocycles. The van der Waals surface area contributed by atoms with E-state index in [0.717, 1.165) is 44.8 Å². The first-order chi connectivity index (χ1) is 16.7. The van der Waals surface area contributed by atoms with Gasteiger partial charge in [0.15, 0.2) is 0 Å². The molecule has 0 fully saturated rings. The Morgan fingerprint density at radius 1 is 1.09 bits per heavy atom. The number of benzene rings is 2. The zero-order valence-electron chi connectivity index (χ0n) is 20.8. The van der Waals surface area contributed by atoms with Crippen molar-refractivity contribution in [1.29, 1.82) is 0 Å². The Morgan fingerprint density at radius 2 is 1.86 bits per heavy atom. The Labute approximate surface area is 205 Å². The van der Waals surface area contributed by atoms with E-state index in [-0.39, 0.29) is 23.7 Å². The van der Waals surface area contributed by atoms with Crippen LogP contribution < -0.4 is 10.2 Å². The van der Waals surface area contributed by atoms with Crippen LogP contribution in [0, 0.1) is 19.8 Å².